The van der Waals surface area contributed by atoms with Crippen LogP contribution in [0.2, 0.25) is 0 Å². The van der Waals surface area contributed by atoms with Crippen molar-refractivity contribution in [1.29, 1.82) is 5.41 Å². The first kappa shape index (κ1) is 8.95. The lowest BCUT2D eigenvalue weighted by Crippen LogP contribution is -1.84. The quantitative estimate of drug-likeness (QED) is 0.362. The summed E-state index contributed by atoms with van der Waals surface area (Å²) in [5.74, 6) is 0.571. The fraction of sp³-hybridized carbons (Fsp3) is 0.375. The molecule has 0 rings (SSSR count). The Balaban J connectivity index is 4.12. The number of ether oxygens (including phenoxy) is 1. The van der Waals surface area contributed by atoms with Crippen LogP contribution in [0.15, 0.2) is 23.5 Å². The van der Waals surface area contributed by atoms with E-state index < -0.39 is 0 Å². The van der Waals surface area contributed by atoms with Crippen molar-refractivity contribution >= 4 is 6.21 Å². The molecule has 1 N–H and O–H groups in total. The van der Waals surface area contributed by atoms with Crippen LogP contribution >= 0.6 is 0 Å². The number of allylic oxidation sites excluding steroid dienone is 4. The van der Waals surface area contributed by atoms with Crippen molar-refractivity contribution < 1.29 is 4.74 Å². The lowest BCUT2D eigenvalue weighted by Gasteiger charge is -1.94. The standard InChI is InChI=1S/C8H13NO/c1-7(2)4-5-8(6-9)10-3/h4-6,9H,1-3H3/b8-5+,9-6?. The maximum atomic E-state index is 6.86. The van der Waals surface area contributed by atoms with Gasteiger partial charge in [-0.25, -0.2) is 0 Å². The van der Waals surface area contributed by atoms with Gasteiger partial charge in [0.05, 0.1) is 13.3 Å². The summed E-state index contributed by atoms with van der Waals surface area (Å²) in [7, 11) is 1.55. The van der Waals surface area contributed by atoms with E-state index in [0.717, 1.165) is 0 Å². The molecular weight excluding hydrogens is 126 g/mol. The predicted molar refractivity (Wildman–Crippen MR) is 43.3 cm³/mol. The van der Waals surface area contributed by atoms with Crippen LogP contribution in [0.1, 0.15) is 13.8 Å². The molecule has 0 saturated carbocycles. The van der Waals surface area contributed by atoms with E-state index in [0.29, 0.717) is 5.76 Å². The topological polar surface area (TPSA) is 33.1 Å². The number of hydrogen-bond donors (Lipinski definition) is 1. The smallest absolute Gasteiger partial charge is 0.136 e. The second-order valence-corrected chi connectivity index (χ2v) is 2.16. The number of nitrogens with one attached hydrogen (secondary N) is 1. The van der Waals surface area contributed by atoms with E-state index >= 15 is 0 Å². The second-order valence-electron chi connectivity index (χ2n) is 2.16. The minimum Gasteiger partial charge on any atom is -0.495 e. The van der Waals surface area contributed by atoms with Crippen molar-refractivity contribution in [3.05, 3.63) is 23.5 Å². The minimum absolute atomic E-state index is 0.571. The molecule has 0 heterocycles. The van der Waals surface area contributed by atoms with E-state index in [1.807, 2.05) is 19.9 Å². The Labute approximate surface area is 61.7 Å². The SMILES string of the molecule is CO/C(C=N)=C/C=C(C)C. The maximum Gasteiger partial charge on any atom is 0.136 e. The molecule has 0 aliphatic carbocycles. The maximum absolute atomic E-state index is 6.86. The summed E-state index contributed by atoms with van der Waals surface area (Å²) in [5, 5.41) is 6.86. The average Bonchev–Trinajstić information content (AvgIpc) is 1.90. The number of methoxy groups -OCH3 is 1. The average molecular weight is 139 g/mol. The van der Waals surface area contributed by atoms with Crippen LogP contribution < -0.4 is 0 Å². The Bertz CT molecular complexity index is 164. The van der Waals surface area contributed by atoms with Crippen LogP contribution in [0, 0.1) is 5.41 Å². The molecule has 10 heavy (non-hydrogen) atoms. The van der Waals surface area contributed by atoms with E-state index in [9.17, 15) is 0 Å². The highest BCUT2D eigenvalue weighted by molar-refractivity contribution is 5.73. The van der Waals surface area contributed by atoms with Crippen LogP contribution in [-0.2, 0) is 4.74 Å². The zero-order valence-corrected chi connectivity index (χ0v) is 6.64. The fourth-order valence-corrected chi connectivity index (χ4v) is 0.424. The summed E-state index contributed by atoms with van der Waals surface area (Å²) in [5.41, 5.74) is 1.19. The third-order valence-electron chi connectivity index (χ3n) is 0.959. The Morgan fingerprint density at radius 2 is 1.90 bits per heavy atom. The molecule has 0 unspecified atom stereocenters. The Morgan fingerprint density at radius 3 is 2.20 bits per heavy atom. The first-order chi connectivity index (χ1) is 4.70. The van der Waals surface area contributed by atoms with Crippen molar-refractivity contribution in [1.82, 2.24) is 0 Å². The third-order valence-corrected chi connectivity index (χ3v) is 0.959. The molecule has 0 radical (unpaired) electrons. The van der Waals surface area contributed by atoms with Gasteiger partial charge in [-0.3, -0.25) is 0 Å². The van der Waals surface area contributed by atoms with E-state index in [1.165, 1.54) is 11.8 Å². The molecule has 2 heteroatoms. The summed E-state index contributed by atoms with van der Waals surface area (Å²) in [6, 6.07) is 0. The molecule has 0 aliphatic rings. The molecule has 0 aromatic rings. The largest absolute Gasteiger partial charge is 0.495 e. The zero-order chi connectivity index (χ0) is 7.98. The van der Waals surface area contributed by atoms with Gasteiger partial charge < -0.3 is 10.1 Å². The predicted octanol–water partition coefficient (Wildman–Crippen LogP) is 2.13. The van der Waals surface area contributed by atoms with E-state index in [4.69, 9.17) is 10.1 Å². The zero-order valence-electron chi connectivity index (χ0n) is 6.64. The number of rotatable bonds is 3. The van der Waals surface area contributed by atoms with Gasteiger partial charge in [-0.05, 0) is 19.9 Å². The van der Waals surface area contributed by atoms with Crippen molar-refractivity contribution in [3.8, 4) is 0 Å². The van der Waals surface area contributed by atoms with Gasteiger partial charge in [-0.15, -0.1) is 0 Å². The molecule has 0 atom stereocenters. The Kier molecular flexibility index (Phi) is 4.29. The van der Waals surface area contributed by atoms with Crippen LogP contribution in [0.4, 0.5) is 0 Å². The molecule has 2 nitrogen and oxygen atoms in total. The molecule has 56 valence electrons. The van der Waals surface area contributed by atoms with E-state index in [2.05, 4.69) is 0 Å². The molecule has 0 aromatic carbocycles. The molecule has 0 bridgehead atoms. The van der Waals surface area contributed by atoms with Crippen molar-refractivity contribution in [2.45, 2.75) is 13.8 Å². The van der Waals surface area contributed by atoms with Gasteiger partial charge in [0, 0.05) is 0 Å². The van der Waals surface area contributed by atoms with E-state index in [-0.39, 0.29) is 0 Å². The summed E-state index contributed by atoms with van der Waals surface area (Å²) in [6.45, 7) is 3.99. The summed E-state index contributed by atoms with van der Waals surface area (Å²) < 4.78 is 4.82. The van der Waals surface area contributed by atoms with Gasteiger partial charge in [0.2, 0.25) is 0 Å². The summed E-state index contributed by atoms with van der Waals surface area (Å²) in [4.78, 5) is 0. The fourth-order valence-electron chi connectivity index (χ4n) is 0.424. The highest BCUT2D eigenvalue weighted by atomic mass is 16.5. The van der Waals surface area contributed by atoms with Gasteiger partial charge in [0.25, 0.3) is 0 Å². The molecule has 0 fully saturated rings. The Hall–Kier alpha value is -1.05. The van der Waals surface area contributed by atoms with Gasteiger partial charge in [0.1, 0.15) is 5.76 Å². The first-order valence-electron chi connectivity index (χ1n) is 3.10. The van der Waals surface area contributed by atoms with Crippen molar-refractivity contribution in [3.63, 3.8) is 0 Å². The van der Waals surface area contributed by atoms with Gasteiger partial charge in [0.15, 0.2) is 0 Å². The molecule has 0 saturated heterocycles. The van der Waals surface area contributed by atoms with Crippen LogP contribution in [-0.4, -0.2) is 13.3 Å². The molecule has 0 spiro atoms. The second kappa shape index (κ2) is 4.79. The summed E-state index contributed by atoms with van der Waals surface area (Å²) in [6.07, 6.45) is 4.85. The molecular formula is C8H13NO. The van der Waals surface area contributed by atoms with Crippen molar-refractivity contribution in [2.24, 2.45) is 0 Å². The van der Waals surface area contributed by atoms with Crippen molar-refractivity contribution in [2.75, 3.05) is 7.11 Å². The lowest BCUT2D eigenvalue weighted by molar-refractivity contribution is 0.317. The lowest BCUT2D eigenvalue weighted by atomic mass is 10.3. The third kappa shape index (κ3) is 3.89. The number of hydrogen-bond acceptors (Lipinski definition) is 2. The highest BCUT2D eigenvalue weighted by Gasteiger charge is 1.83. The normalized spacial score (nSPS) is 10.5. The van der Waals surface area contributed by atoms with Gasteiger partial charge in [-0.1, -0.05) is 11.6 Å². The minimum atomic E-state index is 0.571. The first-order valence-corrected chi connectivity index (χ1v) is 3.10. The molecule has 0 aromatic heterocycles. The summed E-state index contributed by atoms with van der Waals surface area (Å²) >= 11 is 0. The van der Waals surface area contributed by atoms with E-state index in [1.54, 1.807) is 13.2 Å². The Morgan fingerprint density at radius 1 is 1.30 bits per heavy atom. The monoisotopic (exact) mass is 139 g/mol. The highest BCUT2D eigenvalue weighted by Crippen LogP contribution is 1.94. The molecule has 0 amide bonds. The van der Waals surface area contributed by atoms with Crippen LogP contribution in [0.3, 0.4) is 0 Å². The van der Waals surface area contributed by atoms with Crippen LogP contribution in [0.25, 0.3) is 0 Å². The van der Waals surface area contributed by atoms with Gasteiger partial charge >= 0.3 is 0 Å². The van der Waals surface area contributed by atoms with Crippen LogP contribution in [0.5, 0.6) is 0 Å². The van der Waals surface area contributed by atoms with Gasteiger partial charge in [-0.2, -0.15) is 0 Å². The molecule has 0 aliphatic heterocycles.